The van der Waals surface area contributed by atoms with Gasteiger partial charge in [0.2, 0.25) is 11.8 Å². The van der Waals surface area contributed by atoms with Gasteiger partial charge < -0.3 is 15.7 Å². The summed E-state index contributed by atoms with van der Waals surface area (Å²) in [7, 11) is 0. The van der Waals surface area contributed by atoms with E-state index in [-0.39, 0.29) is 17.4 Å². The third-order valence-electron chi connectivity index (χ3n) is 4.75. The van der Waals surface area contributed by atoms with Crippen LogP contribution in [0.3, 0.4) is 0 Å². The van der Waals surface area contributed by atoms with Gasteiger partial charge in [0.1, 0.15) is 0 Å². The number of thioether (sulfide) groups is 1. The van der Waals surface area contributed by atoms with Gasteiger partial charge in [0, 0.05) is 22.3 Å². The fourth-order valence-electron chi connectivity index (χ4n) is 2.95. The van der Waals surface area contributed by atoms with E-state index in [9.17, 15) is 14.4 Å². The maximum Gasteiger partial charge on any atom is 0.335 e. The summed E-state index contributed by atoms with van der Waals surface area (Å²) in [5.41, 5.74) is 2.92. The van der Waals surface area contributed by atoms with Crippen molar-refractivity contribution in [2.45, 2.75) is 24.0 Å². The lowest BCUT2D eigenvalue weighted by atomic mass is 10.1. The number of hydrogen-bond acceptors (Lipinski definition) is 4. The molecule has 3 aromatic carbocycles. The number of carboxylic acid groups (broad SMARTS) is 1. The second-order valence-electron chi connectivity index (χ2n) is 7.35. The predicted molar refractivity (Wildman–Crippen MR) is 133 cm³/mol. The fourth-order valence-corrected chi connectivity index (χ4v) is 3.88. The average Bonchev–Trinajstić information content (AvgIpc) is 2.80. The first-order chi connectivity index (χ1) is 15.8. The van der Waals surface area contributed by atoms with Gasteiger partial charge in [-0.2, -0.15) is 0 Å². The van der Waals surface area contributed by atoms with E-state index in [2.05, 4.69) is 10.6 Å². The molecule has 0 saturated heterocycles. The van der Waals surface area contributed by atoms with E-state index in [0.717, 1.165) is 16.0 Å². The van der Waals surface area contributed by atoms with Crippen molar-refractivity contribution >= 4 is 47.0 Å². The minimum absolute atomic E-state index is 0.112. The molecule has 0 heterocycles. The van der Waals surface area contributed by atoms with Crippen molar-refractivity contribution in [3.8, 4) is 0 Å². The number of aryl methyl sites for hydroxylation is 1. The SMILES string of the molecule is Cc1ccc(C(=O)O)cc1NC(=O)C(C)Sc1cccc(NC(=O)/C=C/c2ccccc2)c1. The first kappa shape index (κ1) is 23.8. The molecule has 3 rings (SSSR count). The number of hydrogen-bond donors (Lipinski definition) is 3. The summed E-state index contributed by atoms with van der Waals surface area (Å²) >= 11 is 1.34. The van der Waals surface area contributed by atoms with Crippen LogP contribution in [-0.2, 0) is 9.59 Å². The molecular weight excluding hydrogens is 436 g/mol. The Morgan fingerprint density at radius 2 is 1.70 bits per heavy atom. The average molecular weight is 461 g/mol. The molecule has 0 aliphatic heterocycles. The number of carboxylic acids is 1. The van der Waals surface area contributed by atoms with Crippen LogP contribution in [0.5, 0.6) is 0 Å². The molecule has 0 fully saturated rings. The number of benzene rings is 3. The highest BCUT2D eigenvalue weighted by Crippen LogP contribution is 2.27. The summed E-state index contributed by atoms with van der Waals surface area (Å²) in [5.74, 6) is -1.54. The molecule has 0 aliphatic rings. The molecule has 7 heteroatoms. The van der Waals surface area contributed by atoms with Crippen LogP contribution < -0.4 is 10.6 Å². The number of anilines is 2. The molecule has 1 atom stereocenters. The molecule has 33 heavy (non-hydrogen) atoms. The van der Waals surface area contributed by atoms with Gasteiger partial charge >= 0.3 is 5.97 Å². The third-order valence-corrected chi connectivity index (χ3v) is 5.85. The summed E-state index contributed by atoms with van der Waals surface area (Å²) < 4.78 is 0. The van der Waals surface area contributed by atoms with Gasteiger partial charge in [-0.1, -0.05) is 42.5 Å². The molecule has 2 amide bonds. The van der Waals surface area contributed by atoms with Crippen LogP contribution in [-0.4, -0.2) is 28.1 Å². The summed E-state index contributed by atoms with van der Waals surface area (Å²) in [4.78, 5) is 36.9. The molecule has 0 aromatic heterocycles. The van der Waals surface area contributed by atoms with Crippen LogP contribution in [0.4, 0.5) is 11.4 Å². The summed E-state index contributed by atoms with van der Waals surface area (Å²) in [6.07, 6.45) is 3.21. The van der Waals surface area contributed by atoms with Gasteiger partial charge in [0.25, 0.3) is 0 Å². The Bertz CT molecular complexity index is 1190. The molecule has 3 aromatic rings. The van der Waals surface area contributed by atoms with Gasteiger partial charge in [-0.3, -0.25) is 9.59 Å². The smallest absolute Gasteiger partial charge is 0.335 e. The Hall–Kier alpha value is -3.84. The molecule has 1 unspecified atom stereocenters. The van der Waals surface area contributed by atoms with Gasteiger partial charge in [0.05, 0.1) is 10.8 Å². The molecule has 168 valence electrons. The van der Waals surface area contributed by atoms with Crippen LogP contribution in [0.15, 0.2) is 83.8 Å². The second-order valence-corrected chi connectivity index (χ2v) is 8.76. The van der Waals surface area contributed by atoms with E-state index in [0.29, 0.717) is 11.4 Å². The first-order valence-corrected chi connectivity index (χ1v) is 11.2. The van der Waals surface area contributed by atoms with Crippen molar-refractivity contribution in [3.63, 3.8) is 0 Å². The van der Waals surface area contributed by atoms with Crippen LogP contribution in [0, 0.1) is 6.92 Å². The van der Waals surface area contributed by atoms with Crippen molar-refractivity contribution in [2.75, 3.05) is 10.6 Å². The fraction of sp³-hybridized carbons (Fsp3) is 0.115. The number of carbonyl (C=O) groups excluding carboxylic acids is 2. The Balaban J connectivity index is 1.61. The number of nitrogens with one attached hydrogen (secondary N) is 2. The monoisotopic (exact) mass is 460 g/mol. The number of aromatic carboxylic acids is 1. The Kier molecular flexibility index (Phi) is 8.05. The van der Waals surface area contributed by atoms with E-state index in [1.54, 1.807) is 38.1 Å². The van der Waals surface area contributed by atoms with Crippen molar-refractivity contribution < 1.29 is 19.5 Å². The molecule has 3 N–H and O–H groups in total. The number of rotatable bonds is 8. The first-order valence-electron chi connectivity index (χ1n) is 10.3. The van der Waals surface area contributed by atoms with Gasteiger partial charge in [0.15, 0.2) is 0 Å². The van der Waals surface area contributed by atoms with Crippen molar-refractivity contribution in [1.82, 2.24) is 0 Å². The Morgan fingerprint density at radius 3 is 2.42 bits per heavy atom. The summed E-state index contributed by atoms with van der Waals surface area (Å²) in [5, 5.41) is 14.4. The van der Waals surface area contributed by atoms with E-state index in [1.807, 2.05) is 42.5 Å². The second kappa shape index (κ2) is 11.2. The zero-order chi connectivity index (χ0) is 23.8. The van der Waals surface area contributed by atoms with Crippen molar-refractivity contribution in [1.29, 1.82) is 0 Å². The molecular formula is C26H24N2O4S. The standard InChI is InChI=1S/C26H24N2O4S/c1-17-11-13-20(26(31)32)15-23(17)28-25(30)18(2)33-22-10-6-9-21(16-22)27-24(29)14-12-19-7-4-3-5-8-19/h3-16,18H,1-2H3,(H,27,29)(H,28,30)(H,31,32)/b14-12+. The van der Waals surface area contributed by atoms with Gasteiger partial charge in [-0.25, -0.2) is 4.79 Å². The maximum absolute atomic E-state index is 12.7. The number of amides is 2. The van der Waals surface area contributed by atoms with E-state index < -0.39 is 11.2 Å². The Morgan fingerprint density at radius 1 is 0.939 bits per heavy atom. The predicted octanol–water partition coefficient (Wildman–Crippen LogP) is 5.46. The minimum atomic E-state index is -1.05. The summed E-state index contributed by atoms with van der Waals surface area (Å²) in [6, 6.07) is 21.4. The van der Waals surface area contributed by atoms with Crippen LogP contribution in [0.1, 0.15) is 28.4 Å². The molecule has 0 saturated carbocycles. The van der Waals surface area contributed by atoms with E-state index in [1.165, 1.54) is 30.0 Å². The third kappa shape index (κ3) is 7.08. The highest BCUT2D eigenvalue weighted by atomic mass is 32.2. The normalized spacial score (nSPS) is 11.7. The minimum Gasteiger partial charge on any atom is -0.478 e. The largest absolute Gasteiger partial charge is 0.478 e. The quantitative estimate of drug-likeness (QED) is 0.306. The van der Waals surface area contributed by atoms with Crippen LogP contribution in [0.25, 0.3) is 6.08 Å². The molecule has 6 nitrogen and oxygen atoms in total. The molecule has 0 aliphatic carbocycles. The van der Waals surface area contributed by atoms with Crippen LogP contribution in [0.2, 0.25) is 0 Å². The van der Waals surface area contributed by atoms with Gasteiger partial charge in [-0.15, -0.1) is 11.8 Å². The lowest BCUT2D eigenvalue weighted by Crippen LogP contribution is -2.23. The van der Waals surface area contributed by atoms with Crippen LogP contribution >= 0.6 is 11.8 Å². The number of carbonyl (C=O) groups is 3. The lowest BCUT2D eigenvalue weighted by Gasteiger charge is -2.14. The Labute approximate surface area is 196 Å². The zero-order valence-electron chi connectivity index (χ0n) is 18.2. The van der Waals surface area contributed by atoms with Gasteiger partial charge in [-0.05, 0) is 61.4 Å². The molecule has 0 spiro atoms. The maximum atomic E-state index is 12.7. The highest BCUT2D eigenvalue weighted by Gasteiger charge is 2.17. The van der Waals surface area contributed by atoms with Crippen molar-refractivity contribution in [2.24, 2.45) is 0 Å². The highest BCUT2D eigenvalue weighted by molar-refractivity contribution is 8.00. The van der Waals surface area contributed by atoms with E-state index in [4.69, 9.17) is 5.11 Å². The van der Waals surface area contributed by atoms with E-state index >= 15 is 0 Å². The summed E-state index contributed by atoms with van der Waals surface area (Å²) in [6.45, 7) is 3.57. The topological polar surface area (TPSA) is 95.5 Å². The molecule has 0 radical (unpaired) electrons. The van der Waals surface area contributed by atoms with Crippen molar-refractivity contribution in [3.05, 3.63) is 95.6 Å². The molecule has 0 bridgehead atoms. The zero-order valence-corrected chi connectivity index (χ0v) is 19.1. The lowest BCUT2D eigenvalue weighted by molar-refractivity contribution is -0.115.